The van der Waals surface area contributed by atoms with Crippen LogP contribution in [0, 0.1) is 5.41 Å². The number of hydrogen-bond donors (Lipinski definition) is 2. The van der Waals surface area contributed by atoms with Gasteiger partial charge in [0.1, 0.15) is 0 Å². The summed E-state index contributed by atoms with van der Waals surface area (Å²) in [4.78, 5) is 13.2. The van der Waals surface area contributed by atoms with E-state index in [9.17, 15) is 4.79 Å². The molecule has 2 fully saturated rings. The maximum Gasteiger partial charge on any atom is 0.236 e. The molecule has 0 saturated carbocycles. The highest BCUT2D eigenvalue weighted by Gasteiger charge is 2.41. The predicted molar refractivity (Wildman–Crippen MR) is 50.2 cm³/mol. The summed E-state index contributed by atoms with van der Waals surface area (Å²) in [5.74, 6) is 0.101. The van der Waals surface area contributed by atoms with Crippen molar-refractivity contribution in [1.82, 2.24) is 10.2 Å². The second-order valence-corrected chi connectivity index (χ2v) is 4.20. The molecular weight excluding hydrogens is 166 g/mol. The molecule has 0 aromatic carbocycles. The first-order chi connectivity index (χ1) is 6.26. The number of carbonyl (C=O) groups excluding carboxylic acids is 1. The van der Waals surface area contributed by atoms with E-state index >= 15 is 0 Å². The van der Waals surface area contributed by atoms with Gasteiger partial charge in [0.2, 0.25) is 5.91 Å². The minimum absolute atomic E-state index is 0.101. The first-order valence-corrected chi connectivity index (χ1v) is 4.94. The van der Waals surface area contributed by atoms with Crippen molar-refractivity contribution in [3.05, 3.63) is 0 Å². The van der Waals surface area contributed by atoms with E-state index in [4.69, 9.17) is 5.73 Å². The molecule has 1 unspecified atom stereocenters. The van der Waals surface area contributed by atoms with E-state index in [2.05, 4.69) is 5.32 Å². The van der Waals surface area contributed by atoms with Gasteiger partial charge in [-0.1, -0.05) is 0 Å². The Morgan fingerprint density at radius 1 is 1.54 bits per heavy atom. The molecule has 1 spiro atoms. The lowest BCUT2D eigenvalue weighted by atomic mass is 9.87. The summed E-state index contributed by atoms with van der Waals surface area (Å²) in [6.07, 6.45) is 2.35. The zero-order valence-electron chi connectivity index (χ0n) is 7.88. The molecule has 2 aliphatic heterocycles. The average molecular weight is 183 g/mol. The molecule has 4 nitrogen and oxygen atoms in total. The quantitative estimate of drug-likeness (QED) is 0.557. The molecule has 3 N–H and O–H groups in total. The minimum atomic E-state index is 0.101. The van der Waals surface area contributed by atoms with Gasteiger partial charge < -0.3 is 16.0 Å². The highest BCUT2D eigenvalue weighted by atomic mass is 16.2. The third-order valence-corrected chi connectivity index (χ3v) is 3.30. The molecule has 2 aliphatic rings. The van der Waals surface area contributed by atoms with Crippen LogP contribution < -0.4 is 11.1 Å². The molecule has 0 aromatic heterocycles. The Kier molecular flexibility index (Phi) is 2.26. The zero-order chi connectivity index (χ0) is 9.31. The van der Waals surface area contributed by atoms with E-state index in [1.165, 1.54) is 6.42 Å². The number of nitrogens with one attached hydrogen (secondary N) is 1. The maximum atomic E-state index is 11.3. The van der Waals surface area contributed by atoms with Crippen molar-refractivity contribution in [3.63, 3.8) is 0 Å². The normalized spacial score (nSPS) is 33.2. The van der Waals surface area contributed by atoms with Crippen LogP contribution in [0.15, 0.2) is 0 Å². The van der Waals surface area contributed by atoms with E-state index in [0.717, 1.165) is 32.6 Å². The van der Waals surface area contributed by atoms with Crippen molar-refractivity contribution >= 4 is 5.91 Å². The fraction of sp³-hybridized carbons (Fsp3) is 0.889. The summed E-state index contributed by atoms with van der Waals surface area (Å²) < 4.78 is 0. The fourth-order valence-corrected chi connectivity index (χ4v) is 2.42. The van der Waals surface area contributed by atoms with E-state index in [-0.39, 0.29) is 12.5 Å². The van der Waals surface area contributed by atoms with Gasteiger partial charge in [-0.3, -0.25) is 4.79 Å². The largest absolute Gasteiger partial charge is 0.341 e. The highest BCUT2D eigenvalue weighted by molar-refractivity contribution is 5.78. The standard InChI is InChI=1S/C9H17N3O/c10-5-8(13)12-4-2-9(7-12)1-3-11-6-9/h11H,1-7,10H2. The number of nitrogens with zero attached hydrogens (tertiary/aromatic N) is 1. The molecule has 1 atom stereocenters. The van der Waals surface area contributed by atoms with Crippen molar-refractivity contribution in [2.45, 2.75) is 12.8 Å². The van der Waals surface area contributed by atoms with Gasteiger partial charge in [-0.2, -0.15) is 0 Å². The minimum Gasteiger partial charge on any atom is -0.341 e. The van der Waals surface area contributed by atoms with Crippen LogP contribution in [0.2, 0.25) is 0 Å². The van der Waals surface area contributed by atoms with Crippen LogP contribution in [-0.2, 0) is 4.79 Å². The van der Waals surface area contributed by atoms with Crippen LogP contribution >= 0.6 is 0 Å². The molecule has 0 radical (unpaired) electrons. The number of rotatable bonds is 1. The summed E-state index contributed by atoms with van der Waals surface area (Å²) in [7, 11) is 0. The smallest absolute Gasteiger partial charge is 0.236 e. The second-order valence-electron chi connectivity index (χ2n) is 4.20. The molecule has 2 saturated heterocycles. The van der Waals surface area contributed by atoms with Crippen molar-refractivity contribution in [2.24, 2.45) is 11.1 Å². The first kappa shape index (κ1) is 8.97. The van der Waals surface area contributed by atoms with Gasteiger partial charge in [0.05, 0.1) is 6.54 Å². The Morgan fingerprint density at radius 2 is 2.38 bits per heavy atom. The van der Waals surface area contributed by atoms with Gasteiger partial charge in [-0.25, -0.2) is 0 Å². The number of amides is 1. The van der Waals surface area contributed by atoms with Gasteiger partial charge in [0, 0.05) is 25.0 Å². The van der Waals surface area contributed by atoms with E-state index < -0.39 is 0 Å². The molecule has 13 heavy (non-hydrogen) atoms. The van der Waals surface area contributed by atoms with Crippen molar-refractivity contribution in [1.29, 1.82) is 0 Å². The molecular formula is C9H17N3O. The Balaban J connectivity index is 1.96. The molecule has 1 amide bonds. The van der Waals surface area contributed by atoms with Crippen molar-refractivity contribution in [3.8, 4) is 0 Å². The van der Waals surface area contributed by atoms with Crippen LogP contribution in [0.1, 0.15) is 12.8 Å². The Bertz CT molecular complexity index is 211. The number of nitrogens with two attached hydrogens (primary N) is 1. The van der Waals surface area contributed by atoms with Crippen LogP contribution in [0.4, 0.5) is 0 Å². The van der Waals surface area contributed by atoms with E-state index in [1.807, 2.05) is 4.90 Å². The number of likely N-dealkylation sites (tertiary alicyclic amines) is 1. The third-order valence-electron chi connectivity index (χ3n) is 3.30. The topological polar surface area (TPSA) is 58.4 Å². The van der Waals surface area contributed by atoms with Crippen LogP contribution in [0.5, 0.6) is 0 Å². The first-order valence-electron chi connectivity index (χ1n) is 4.94. The van der Waals surface area contributed by atoms with Crippen molar-refractivity contribution < 1.29 is 4.79 Å². The lowest BCUT2D eigenvalue weighted by molar-refractivity contribution is -0.129. The van der Waals surface area contributed by atoms with Crippen LogP contribution in [0.25, 0.3) is 0 Å². The van der Waals surface area contributed by atoms with Gasteiger partial charge in [0.25, 0.3) is 0 Å². The third kappa shape index (κ3) is 1.56. The predicted octanol–water partition coefficient (Wildman–Crippen LogP) is -0.843. The summed E-state index contributed by atoms with van der Waals surface area (Å²) in [6.45, 7) is 4.14. The summed E-state index contributed by atoms with van der Waals surface area (Å²) in [5, 5.41) is 3.36. The van der Waals surface area contributed by atoms with Gasteiger partial charge in [-0.15, -0.1) is 0 Å². The molecule has 2 rings (SSSR count). The summed E-state index contributed by atoms with van der Waals surface area (Å²) >= 11 is 0. The van der Waals surface area contributed by atoms with E-state index in [0.29, 0.717) is 5.41 Å². The zero-order valence-corrected chi connectivity index (χ0v) is 7.88. The number of carbonyl (C=O) groups is 1. The number of hydrogen-bond acceptors (Lipinski definition) is 3. The lowest BCUT2D eigenvalue weighted by Gasteiger charge is -2.22. The lowest BCUT2D eigenvalue weighted by Crippen LogP contribution is -2.36. The van der Waals surface area contributed by atoms with Crippen molar-refractivity contribution in [2.75, 3.05) is 32.7 Å². The van der Waals surface area contributed by atoms with Gasteiger partial charge in [0.15, 0.2) is 0 Å². The Hall–Kier alpha value is -0.610. The fourth-order valence-electron chi connectivity index (χ4n) is 2.42. The summed E-state index contributed by atoms with van der Waals surface area (Å²) in [6, 6.07) is 0. The maximum absolute atomic E-state index is 11.3. The Labute approximate surface area is 78.5 Å². The van der Waals surface area contributed by atoms with Crippen LogP contribution in [-0.4, -0.2) is 43.5 Å². The monoisotopic (exact) mass is 183 g/mol. The molecule has 4 heteroatoms. The van der Waals surface area contributed by atoms with Gasteiger partial charge >= 0.3 is 0 Å². The molecule has 0 aliphatic carbocycles. The Morgan fingerprint density at radius 3 is 3.00 bits per heavy atom. The molecule has 0 aromatic rings. The summed E-state index contributed by atoms with van der Waals surface area (Å²) in [5.41, 5.74) is 5.71. The van der Waals surface area contributed by atoms with Gasteiger partial charge in [-0.05, 0) is 19.4 Å². The van der Waals surface area contributed by atoms with E-state index in [1.54, 1.807) is 0 Å². The molecule has 2 heterocycles. The highest BCUT2D eigenvalue weighted by Crippen LogP contribution is 2.35. The average Bonchev–Trinajstić information content (AvgIpc) is 2.76. The molecule has 0 bridgehead atoms. The SMILES string of the molecule is NCC(=O)N1CCC2(CCNC2)C1. The second kappa shape index (κ2) is 3.27. The van der Waals surface area contributed by atoms with Crippen LogP contribution in [0.3, 0.4) is 0 Å². The molecule has 74 valence electrons.